The monoisotopic (exact) mass is 285 g/mol. The molecule has 0 radical (unpaired) electrons. The average Bonchev–Trinajstić information content (AvgIpc) is 2.41. The molecule has 0 amide bonds. The molecule has 0 saturated carbocycles. The maximum atomic E-state index is 13.4. The SMILES string of the molecule is CCNC(c1ccc(F)cc1C)c1cc(C)c(C)cc1C. The second-order valence-corrected chi connectivity index (χ2v) is 5.78. The van der Waals surface area contributed by atoms with Crippen LogP contribution in [0.3, 0.4) is 0 Å². The fourth-order valence-electron chi connectivity index (χ4n) is 2.85. The van der Waals surface area contributed by atoms with E-state index >= 15 is 0 Å². The Kier molecular flexibility index (Phi) is 4.79. The van der Waals surface area contributed by atoms with Crippen LogP contribution in [0.5, 0.6) is 0 Å². The molecule has 2 heteroatoms. The van der Waals surface area contributed by atoms with Gasteiger partial charge in [-0.3, -0.25) is 0 Å². The van der Waals surface area contributed by atoms with E-state index in [0.29, 0.717) is 0 Å². The number of nitrogens with one attached hydrogen (secondary N) is 1. The van der Waals surface area contributed by atoms with Gasteiger partial charge in [-0.05, 0) is 79.8 Å². The van der Waals surface area contributed by atoms with Gasteiger partial charge in [0.05, 0.1) is 6.04 Å². The lowest BCUT2D eigenvalue weighted by molar-refractivity contribution is 0.608. The van der Waals surface area contributed by atoms with Gasteiger partial charge in [-0.25, -0.2) is 4.39 Å². The highest BCUT2D eigenvalue weighted by atomic mass is 19.1. The van der Waals surface area contributed by atoms with E-state index in [-0.39, 0.29) is 11.9 Å². The maximum absolute atomic E-state index is 13.4. The van der Waals surface area contributed by atoms with Crippen LogP contribution in [0.15, 0.2) is 30.3 Å². The molecule has 0 fully saturated rings. The third kappa shape index (κ3) is 3.33. The fourth-order valence-corrected chi connectivity index (χ4v) is 2.85. The summed E-state index contributed by atoms with van der Waals surface area (Å²) in [5.74, 6) is -0.177. The Labute approximate surface area is 127 Å². The molecule has 0 aliphatic rings. The topological polar surface area (TPSA) is 12.0 Å². The Bertz CT molecular complexity index is 646. The zero-order chi connectivity index (χ0) is 15.6. The summed E-state index contributed by atoms with van der Waals surface area (Å²) in [6.07, 6.45) is 0. The first-order valence-corrected chi connectivity index (χ1v) is 7.51. The molecular weight excluding hydrogens is 261 g/mol. The van der Waals surface area contributed by atoms with Crippen molar-refractivity contribution in [2.45, 2.75) is 40.7 Å². The van der Waals surface area contributed by atoms with Gasteiger partial charge < -0.3 is 5.32 Å². The van der Waals surface area contributed by atoms with E-state index in [1.165, 1.54) is 22.3 Å². The predicted octanol–water partition coefficient (Wildman–Crippen LogP) is 4.76. The molecular formula is C19H24FN. The first kappa shape index (κ1) is 15.7. The van der Waals surface area contributed by atoms with Gasteiger partial charge in [-0.2, -0.15) is 0 Å². The Hall–Kier alpha value is -1.67. The third-order valence-electron chi connectivity index (χ3n) is 4.14. The number of hydrogen-bond donors (Lipinski definition) is 1. The molecule has 0 aromatic heterocycles. The Morgan fingerprint density at radius 2 is 1.48 bits per heavy atom. The van der Waals surface area contributed by atoms with Crippen LogP contribution in [0.25, 0.3) is 0 Å². The van der Waals surface area contributed by atoms with Gasteiger partial charge >= 0.3 is 0 Å². The summed E-state index contributed by atoms with van der Waals surface area (Å²) in [5, 5.41) is 3.54. The maximum Gasteiger partial charge on any atom is 0.123 e. The molecule has 0 heterocycles. The first-order valence-electron chi connectivity index (χ1n) is 7.51. The van der Waals surface area contributed by atoms with Crippen LogP contribution in [-0.2, 0) is 0 Å². The van der Waals surface area contributed by atoms with E-state index in [1.807, 2.05) is 13.0 Å². The Balaban J connectivity index is 2.55. The van der Waals surface area contributed by atoms with Crippen LogP contribution >= 0.6 is 0 Å². The molecule has 0 aliphatic heterocycles. The summed E-state index contributed by atoms with van der Waals surface area (Å²) < 4.78 is 13.4. The van der Waals surface area contributed by atoms with E-state index < -0.39 is 0 Å². The van der Waals surface area contributed by atoms with E-state index in [9.17, 15) is 4.39 Å². The average molecular weight is 285 g/mol. The highest BCUT2D eigenvalue weighted by molar-refractivity contribution is 5.44. The van der Waals surface area contributed by atoms with Gasteiger partial charge in [0.1, 0.15) is 5.82 Å². The van der Waals surface area contributed by atoms with Gasteiger partial charge in [-0.15, -0.1) is 0 Å². The molecule has 0 aliphatic carbocycles. The van der Waals surface area contributed by atoms with Crippen LogP contribution in [0, 0.1) is 33.5 Å². The quantitative estimate of drug-likeness (QED) is 0.854. The van der Waals surface area contributed by atoms with Crippen LogP contribution in [-0.4, -0.2) is 6.54 Å². The normalized spacial score (nSPS) is 12.5. The lowest BCUT2D eigenvalue weighted by Crippen LogP contribution is -2.24. The van der Waals surface area contributed by atoms with Gasteiger partial charge in [0.15, 0.2) is 0 Å². The highest BCUT2D eigenvalue weighted by Crippen LogP contribution is 2.29. The third-order valence-corrected chi connectivity index (χ3v) is 4.14. The molecule has 2 aromatic rings. The molecule has 1 nitrogen and oxygen atoms in total. The second kappa shape index (κ2) is 6.40. The van der Waals surface area contributed by atoms with Crippen LogP contribution in [0.4, 0.5) is 4.39 Å². The molecule has 1 N–H and O–H groups in total. The highest BCUT2D eigenvalue weighted by Gasteiger charge is 2.18. The van der Waals surface area contributed by atoms with Gasteiger partial charge in [0, 0.05) is 0 Å². The lowest BCUT2D eigenvalue weighted by atomic mass is 9.89. The molecule has 2 rings (SSSR count). The second-order valence-electron chi connectivity index (χ2n) is 5.78. The molecule has 21 heavy (non-hydrogen) atoms. The molecule has 0 spiro atoms. The van der Waals surface area contributed by atoms with Crippen LogP contribution in [0.2, 0.25) is 0 Å². The summed E-state index contributed by atoms with van der Waals surface area (Å²) in [7, 11) is 0. The predicted molar refractivity (Wildman–Crippen MR) is 87.3 cm³/mol. The van der Waals surface area contributed by atoms with Gasteiger partial charge in [0.2, 0.25) is 0 Å². The van der Waals surface area contributed by atoms with E-state index in [2.05, 4.69) is 45.1 Å². The first-order chi connectivity index (χ1) is 9.93. The Morgan fingerprint density at radius 3 is 2.10 bits per heavy atom. The zero-order valence-electron chi connectivity index (χ0n) is 13.5. The van der Waals surface area contributed by atoms with Crippen molar-refractivity contribution >= 4 is 0 Å². The van der Waals surface area contributed by atoms with Gasteiger partial charge in [0.25, 0.3) is 0 Å². The summed E-state index contributed by atoms with van der Waals surface area (Å²) >= 11 is 0. The Morgan fingerprint density at radius 1 is 0.857 bits per heavy atom. The standard InChI is InChI=1S/C19H24FN/c1-6-21-19(17-8-7-16(20)10-15(17)5)18-11-13(3)12(2)9-14(18)4/h7-11,19,21H,6H2,1-5H3. The minimum atomic E-state index is -0.177. The van der Waals surface area contributed by atoms with Crippen LogP contribution < -0.4 is 5.32 Å². The molecule has 1 atom stereocenters. The lowest BCUT2D eigenvalue weighted by Gasteiger charge is -2.24. The summed E-state index contributed by atoms with van der Waals surface area (Å²) in [6, 6.07) is 9.63. The van der Waals surface area contributed by atoms with Crippen molar-refractivity contribution in [1.29, 1.82) is 0 Å². The number of hydrogen-bond acceptors (Lipinski definition) is 1. The van der Waals surface area contributed by atoms with Crippen molar-refractivity contribution in [3.63, 3.8) is 0 Å². The summed E-state index contributed by atoms with van der Waals surface area (Å²) in [5.41, 5.74) is 7.27. The van der Waals surface area contributed by atoms with E-state index in [4.69, 9.17) is 0 Å². The fraction of sp³-hybridized carbons (Fsp3) is 0.368. The van der Waals surface area contributed by atoms with Crippen molar-refractivity contribution in [1.82, 2.24) is 5.32 Å². The van der Waals surface area contributed by atoms with E-state index in [0.717, 1.165) is 17.7 Å². The van der Waals surface area contributed by atoms with Crippen molar-refractivity contribution in [2.75, 3.05) is 6.54 Å². The molecule has 112 valence electrons. The molecule has 2 aromatic carbocycles. The van der Waals surface area contributed by atoms with Crippen molar-refractivity contribution < 1.29 is 4.39 Å². The number of halogens is 1. The minimum absolute atomic E-state index is 0.106. The summed E-state index contributed by atoms with van der Waals surface area (Å²) in [4.78, 5) is 0. The summed E-state index contributed by atoms with van der Waals surface area (Å²) in [6.45, 7) is 11.4. The molecule has 1 unspecified atom stereocenters. The number of aryl methyl sites for hydroxylation is 4. The van der Waals surface area contributed by atoms with E-state index in [1.54, 1.807) is 12.1 Å². The van der Waals surface area contributed by atoms with Crippen molar-refractivity contribution in [2.24, 2.45) is 0 Å². The minimum Gasteiger partial charge on any atom is -0.307 e. The molecule has 0 saturated heterocycles. The largest absolute Gasteiger partial charge is 0.307 e. The van der Waals surface area contributed by atoms with Crippen LogP contribution in [0.1, 0.15) is 46.3 Å². The van der Waals surface area contributed by atoms with Crippen molar-refractivity contribution in [3.8, 4) is 0 Å². The van der Waals surface area contributed by atoms with Gasteiger partial charge in [-0.1, -0.05) is 25.1 Å². The molecule has 0 bridgehead atoms. The smallest absolute Gasteiger partial charge is 0.123 e. The zero-order valence-corrected chi connectivity index (χ0v) is 13.5. The number of rotatable bonds is 4. The number of benzene rings is 2. The van der Waals surface area contributed by atoms with Crippen molar-refractivity contribution in [3.05, 3.63) is 69.5 Å².